The fraction of sp³-hybridized carbons (Fsp3) is 0.600. The zero-order valence-electron chi connectivity index (χ0n) is 9.40. The Balaban J connectivity index is 2.78. The topological polar surface area (TPSA) is 72.9 Å². The number of hydrogen-bond acceptors (Lipinski definition) is 3. The quantitative estimate of drug-likeness (QED) is 0.755. The summed E-state index contributed by atoms with van der Waals surface area (Å²) in [5, 5.41) is 3.05. The highest BCUT2D eigenvalue weighted by atomic mass is 16.1. The predicted molar refractivity (Wildman–Crippen MR) is 59.3 cm³/mol. The minimum Gasteiger partial charge on any atom is -0.368 e. The molecule has 84 valence electrons. The Bertz CT molecular complexity index is 332. The first kappa shape index (κ1) is 11.6. The Morgan fingerprint density at radius 1 is 1.67 bits per heavy atom. The van der Waals surface area contributed by atoms with E-state index in [-0.39, 0.29) is 17.9 Å². The third kappa shape index (κ3) is 2.71. The van der Waals surface area contributed by atoms with Crippen molar-refractivity contribution < 1.29 is 4.79 Å². The maximum atomic E-state index is 11.2. The van der Waals surface area contributed by atoms with E-state index < -0.39 is 0 Å². The van der Waals surface area contributed by atoms with Gasteiger partial charge in [-0.15, -0.1) is 0 Å². The SMILES string of the molecule is CCn1ccnc1NC(C(N)=O)C(C)C. The summed E-state index contributed by atoms with van der Waals surface area (Å²) in [5.74, 6) is 0.482. The molecule has 5 heteroatoms. The number of anilines is 1. The summed E-state index contributed by atoms with van der Waals surface area (Å²) in [4.78, 5) is 15.3. The summed E-state index contributed by atoms with van der Waals surface area (Å²) in [6.45, 7) is 6.72. The summed E-state index contributed by atoms with van der Waals surface area (Å²) in [6, 6.07) is -0.377. The second-order valence-electron chi connectivity index (χ2n) is 3.81. The van der Waals surface area contributed by atoms with E-state index in [4.69, 9.17) is 5.73 Å². The molecule has 0 radical (unpaired) electrons. The van der Waals surface area contributed by atoms with Gasteiger partial charge < -0.3 is 15.6 Å². The first-order valence-corrected chi connectivity index (χ1v) is 5.13. The fourth-order valence-corrected chi connectivity index (χ4v) is 1.41. The van der Waals surface area contributed by atoms with E-state index in [0.717, 1.165) is 6.54 Å². The number of carbonyl (C=O) groups is 1. The van der Waals surface area contributed by atoms with Crippen LogP contribution >= 0.6 is 0 Å². The molecule has 0 aliphatic rings. The van der Waals surface area contributed by atoms with Crippen molar-refractivity contribution >= 4 is 11.9 Å². The lowest BCUT2D eigenvalue weighted by Crippen LogP contribution is -2.40. The number of amides is 1. The van der Waals surface area contributed by atoms with Gasteiger partial charge in [0.05, 0.1) is 0 Å². The highest BCUT2D eigenvalue weighted by Crippen LogP contribution is 2.10. The molecule has 1 heterocycles. The minimum atomic E-state index is -0.377. The van der Waals surface area contributed by atoms with Gasteiger partial charge in [-0.3, -0.25) is 4.79 Å². The molecule has 0 fully saturated rings. The van der Waals surface area contributed by atoms with Crippen LogP contribution in [-0.4, -0.2) is 21.5 Å². The number of imidazole rings is 1. The summed E-state index contributed by atoms with van der Waals surface area (Å²) in [6.07, 6.45) is 3.56. The van der Waals surface area contributed by atoms with Gasteiger partial charge in [-0.05, 0) is 12.8 Å². The molecule has 0 aliphatic carbocycles. The predicted octanol–water partition coefficient (Wildman–Crippen LogP) is 0.825. The molecule has 1 unspecified atom stereocenters. The van der Waals surface area contributed by atoms with E-state index in [1.165, 1.54) is 0 Å². The zero-order chi connectivity index (χ0) is 11.4. The monoisotopic (exact) mass is 210 g/mol. The highest BCUT2D eigenvalue weighted by Gasteiger charge is 2.20. The van der Waals surface area contributed by atoms with E-state index >= 15 is 0 Å². The van der Waals surface area contributed by atoms with Gasteiger partial charge in [-0.1, -0.05) is 13.8 Å². The molecular weight excluding hydrogens is 192 g/mol. The van der Waals surface area contributed by atoms with Gasteiger partial charge in [-0.2, -0.15) is 0 Å². The maximum Gasteiger partial charge on any atom is 0.240 e. The molecule has 0 aromatic carbocycles. The van der Waals surface area contributed by atoms with Crippen LogP contribution in [0.25, 0.3) is 0 Å². The van der Waals surface area contributed by atoms with Gasteiger partial charge in [0, 0.05) is 18.9 Å². The lowest BCUT2D eigenvalue weighted by molar-refractivity contribution is -0.119. The van der Waals surface area contributed by atoms with E-state index in [1.807, 2.05) is 31.5 Å². The Morgan fingerprint density at radius 2 is 2.33 bits per heavy atom. The number of aryl methyl sites for hydroxylation is 1. The summed E-state index contributed by atoms with van der Waals surface area (Å²) in [5.41, 5.74) is 5.31. The molecule has 1 amide bonds. The van der Waals surface area contributed by atoms with Crippen LogP contribution in [-0.2, 0) is 11.3 Å². The zero-order valence-corrected chi connectivity index (χ0v) is 9.40. The standard InChI is InChI=1S/C10H18N4O/c1-4-14-6-5-12-10(14)13-8(7(2)3)9(11)15/h5-8H,4H2,1-3H3,(H2,11,15)(H,12,13). The Hall–Kier alpha value is -1.52. The van der Waals surface area contributed by atoms with Crippen LogP contribution in [0.5, 0.6) is 0 Å². The third-order valence-electron chi connectivity index (χ3n) is 2.31. The Morgan fingerprint density at radius 3 is 2.80 bits per heavy atom. The molecule has 1 rings (SSSR count). The molecular formula is C10H18N4O. The van der Waals surface area contributed by atoms with Gasteiger partial charge >= 0.3 is 0 Å². The van der Waals surface area contributed by atoms with Crippen LogP contribution in [0.2, 0.25) is 0 Å². The van der Waals surface area contributed by atoms with E-state index in [1.54, 1.807) is 6.20 Å². The second kappa shape index (κ2) is 4.82. The van der Waals surface area contributed by atoms with Crippen LogP contribution in [0.1, 0.15) is 20.8 Å². The molecule has 0 saturated carbocycles. The number of primary amides is 1. The van der Waals surface area contributed by atoms with Crippen molar-refractivity contribution in [2.45, 2.75) is 33.4 Å². The number of nitrogens with two attached hydrogens (primary N) is 1. The number of nitrogens with one attached hydrogen (secondary N) is 1. The summed E-state index contributed by atoms with van der Waals surface area (Å²) >= 11 is 0. The fourth-order valence-electron chi connectivity index (χ4n) is 1.41. The summed E-state index contributed by atoms with van der Waals surface area (Å²) in [7, 11) is 0. The minimum absolute atomic E-state index is 0.143. The van der Waals surface area contributed by atoms with Crippen molar-refractivity contribution in [3.8, 4) is 0 Å². The van der Waals surface area contributed by atoms with E-state index in [9.17, 15) is 4.79 Å². The largest absolute Gasteiger partial charge is 0.368 e. The van der Waals surface area contributed by atoms with Crippen molar-refractivity contribution in [2.75, 3.05) is 5.32 Å². The number of carbonyl (C=O) groups excluding carboxylic acids is 1. The van der Waals surface area contributed by atoms with Gasteiger partial charge in [0.15, 0.2) is 0 Å². The lowest BCUT2D eigenvalue weighted by Gasteiger charge is -2.19. The van der Waals surface area contributed by atoms with Crippen molar-refractivity contribution in [3.05, 3.63) is 12.4 Å². The summed E-state index contributed by atoms with van der Waals surface area (Å²) < 4.78 is 1.93. The lowest BCUT2D eigenvalue weighted by atomic mass is 10.0. The molecule has 0 bridgehead atoms. The van der Waals surface area contributed by atoms with E-state index in [0.29, 0.717) is 5.95 Å². The first-order chi connectivity index (χ1) is 7.06. The van der Waals surface area contributed by atoms with Gasteiger partial charge in [0.1, 0.15) is 6.04 Å². The molecule has 1 atom stereocenters. The molecule has 15 heavy (non-hydrogen) atoms. The molecule has 0 aliphatic heterocycles. The molecule has 5 nitrogen and oxygen atoms in total. The van der Waals surface area contributed by atoms with Crippen LogP contribution in [0.4, 0.5) is 5.95 Å². The van der Waals surface area contributed by atoms with Crippen molar-refractivity contribution in [1.82, 2.24) is 9.55 Å². The number of aromatic nitrogens is 2. The highest BCUT2D eigenvalue weighted by molar-refractivity contribution is 5.82. The van der Waals surface area contributed by atoms with Crippen LogP contribution in [0, 0.1) is 5.92 Å². The molecule has 0 spiro atoms. The maximum absolute atomic E-state index is 11.2. The van der Waals surface area contributed by atoms with E-state index in [2.05, 4.69) is 10.3 Å². The smallest absolute Gasteiger partial charge is 0.240 e. The molecule has 1 aromatic heterocycles. The Labute approximate surface area is 89.7 Å². The third-order valence-corrected chi connectivity index (χ3v) is 2.31. The van der Waals surface area contributed by atoms with Crippen LogP contribution < -0.4 is 11.1 Å². The van der Waals surface area contributed by atoms with Crippen LogP contribution in [0.3, 0.4) is 0 Å². The number of rotatable bonds is 5. The van der Waals surface area contributed by atoms with Crippen molar-refractivity contribution in [3.63, 3.8) is 0 Å². The normalized spacial score (nSPS) is 12.8. The second-order valence-corrected chi connectivity index (χ2v) is 3.81. The first-order valence-electron chi connectivity index (χ1n) is 5.13. The molecule has 0 saturated heterocycles. The average Bonchev–Trinajstić information content (AvgIpc) is 2.59. The Kier molecular flexibility index (Phi) is 3.71. The van der Waals surface area contributed by atoms with Crippen molar-refractivity contribution in [2.24, 2.45) is 11.7 Å². The van der Waals surface area contributed by atoms with Gasteiger partial charge in [-0.25, -0.2) is 4.98 Å². The number of hydrogen-bond donors (Lipinski definition) is 2. The van der Waals surface area contributed by atoms with Crippen LogP contribution in [0.15, 0.2) is 12.4 Å². The van der Waals surface area contributed by atoms with Crippen molar-refractivity contribution in [1.29, 1.82) is 0 Å². The molecule has 1 aromatic rings. The number of nitrogens with zero attached hydrogens (tertiary/aromatic N) is 2. The molecule has 3 N–H and O–H groups in total. The van der Waals surface area contributed by atoms with Gasteiger partial charge in [0.25, 0.3) is 0 Å². The van der Waals surface area contributed by atoms with Gasteiger partial charge in [0.2, 0.25) is 11.9 Å². The average molecular weight is 210 g/mol.